The van der Waals surface area contributed by atoms with Crippen molar-refractivity contribution in [2.75, 3.05) is 13.2 Å². The van der Waals surface area contributed by atoms with Gasteiger partial charge in [-0.25, -0.2) is 9.79 Å². The van der Waals surface area contributed by atoms with Crippen LogP contribution in [0.2, 0.25) is 0 Å². The summed E-state index contributed by atoms with van der Waals surface area (Å²) in [4.78, 5) is 15.8. The Balaban J connectivity index is 2.10. The highest BCUT2D eigenvalue weighted by Gasteiger charge is 2.35. The largest absolute Gasteiger partial charge is 0.494 e. The van der Waals surface area contributed by atoms with Crippen molar-refractivity contribution in [2.24, 2.45) is 4.99 Å². The minimum Gasteiger partial charge on any atom is -0.494 e. The summed E-state index contributed by atoms with van der Waals surface area (Å²) >= 11 is 0. The van der Waals surface area contributed by atoms with Gasteiger partial charge in [0.05, 0.1) is 13.2 Å². The van der Waals surface area contributed by atoms with E-state index in [4.69, 9.17) is 14.2 Å². The Morgan fingerprint density at radius 3 is 2.63 bits per heavy atom. The number of nitrogens with zero attached hydrogens (tertiary/aromatic N) is 1. The van der Waals surface area contributed by atoms with E-state index in [1.807, 2.05) is 31.2 Å². The molecule has 0 bridgehead atoms. The summed E-state index contributed by atoms with van der Waals surface area (Å²) in [6.45, 7) is 4.65. The van der Waals surface area contributed by atoms with Crippen LogP contribution < -0.4 is 4.74 Å². The fraction of sp³-hybridized carbons (Fsp3) is 0.429. The van der Waals surface area contributed by atoms with E-state index in [-0.39, 0.29) is 5.97 Å². The van der Waals surface area contributed by atoms with Gasteiger partial charge in [-0.2, -0.15) is 0 Å². The number of hydrogen-bond acceptors (Lipinski definition) is 5. The van der Waals surface area contributed by atoms with Crippen molar-refractivity contribution < 1.29 is 19.0 Å². The van der Waals surface area contributed by atoms with Gasteiger partial charge in [0.25, 0.3) is 0 Å². The Labute approximate surface area is 112 Å². The number of aliphatic imine (C=N–C) groups is 1. The van der Waals surface area contributed by atoms with Crippen molar-refractivity contribution in [1.82, 2.24) is 0 Å². The van der Waals surface area contributed by atoms with Gasteiger partial charge in [0.15, 0.2) is 18.5 Å². The molecule has 0 aliphatic carbocycles. The maximum Gasteiger partial charge on any atom is 0.335 e. The van der Waals surface area contributed by atoms with Gasteiger partial charge in [0.2, 0.25) is 0 Å². The first-order valence-electron chi connectivity index (χ1n) is 6.32. The summed E-state index contributed by atoms with van der Waals surface area (Å²) < 4.78 is 15.7. The number of ether oxygens (including phenoxy) is 3. The summed E-state index contributed by atoms with van der Waals surface area (Å²) in [6.07, 6.45) is 0.887. The number of carbonyl (C=O) groups is 1. The Morgan fingerprint density at radius 1 is 1.26 bits per heavy atom. The highest BCUT2D eigenvalue weighted by Crippen LogP contribution is 2.29. The molecule has 5 nitrogen and oxygen atoms in total. The molecule has 1 aromatic carbocycles. The Hall–Kier alpha value is -2.04. The van der Waals surface area contributed by atoms with Gasteiger partial charge in [0.1, 0.15) is 5.75 Å². The first kappa shape index (κ1) is 13.4. The van der Waals surface area contributed by atoms with Gasteiger partial charge in [0, 0.05) is 0 Å². The lowest BCUT2D eigenvalue weighted by Crippen LogP contribution is -2.26. The van der Waals surface area contributed by atoms with Crippen LogP contribution in [0.1, 0.15) is 25.5 Å². The van der Waals surface area contributed by atoms with Crippen LogP contribution in [0.4, 0.5) is 0 Å². The molecule has 0 saturated carbocycles. The normalized spacial score (nSPS) is 20.9. The van der Waals surface area contributed by atoms with E-state index >= 15 is 0 Å². The number of hydrogen-bond donors (Lipinski definition) is 0. The van der Waals surface area contributed by atoms with Crippen LogP contribution >= 0.6 is 0 Å². The molecular weight excluding hydrogens is 246 g/mol. The lowest BCUT2D eigenvalue weighted by Gasteiger charge is -2.16. The summed E-state index contributed by atoms with van der Waals surface area (Å²) in [5.41, 5.74) is 0.874. The number of esters is 1. The van der Waals surface area contributed by atoms with Crippen LogP contribution in [0.3, 0.4) is 0 Å². The first-order valence-corrected chi connectivity index (χ1v) is 6.32. The van der Waals surface area contributed by atoms with E-state index in [1.54, 1.807) is 6.92 Å². The lowest BCUT2D eigenvalue weighted by molar-refractivity contribution is -0.146. The van der Waals surface area contributed by atoms with Crippen LogP contribution in [0.5, 0.6) is 5.75 Å². The van der Waals surface area contributed by atoms with Crippen LogP contribution in [0.25, 0.3) is 0 Å². The van der Waals surface area contributed by atoms with E-state index in [0.717, 1.165) is 11.3 Å². The third-order valence-corrected chi connectivity index (χ3v) is 2.76. The van der Waals surface area contributed by atoms with E-state index in [2.05, 4.69) is 4.99 Å². The Morgan fingerprint density at radius 2 is 2.00 bits per heavy atom. The zero-order valence-electron chi connectivity index (χ0n) is 11.0. The maximum atomic E-state index is 11.8. The SMILES string of the molecule is CCOC(=O)C1N=COC1c1ccc(OCC)cc1. The number of benzene rings is 1. The van der Waals surface area contributed by atoms with Gasteiger partial charge >= 0.3 is 5.97 Å². The van der Waals surface area contributed by atoms with Gasteiger partial charge in [-0.05, 0) is 31.5 Å². The highest BCUT2D eigenvalue weighted by atomic mass is 16.5. The third kappa shape index (κ3) is 3.05. The second-order valence-corrected chi connectivity index (χ2v) is 4.01. The molecule has 0 spiro atoms. The summed E-state index contributed by atoms with van der Waals surface area (Å²) in [5.74, 6) is 0.424. The maximum absolute atomic E-state index is 11.8. The third-order valence-electron chi connectivity index (χ3n) is 2.76. The van der Waals surface area contributed by atoms with E-state index in [1.165, 1.54) is 6.40 Å². The second kappa shape index (κ2) is 6.22. The smallest absolute Gasteiger partial charge is 0.335 e. The molecule has 1 aliphatic heterocycles. The molecule has 0 amide bonds. The van der Waals surface area contributed by atoms with Gasteiger partial charge in [-0.15, -0.1) is 0 Å². The summed E-state index contributed by atoms with van der Waals surface area (Å²) in [5, 5.41) is 0. The number of rotatable bonds is 5. The number of carbonyl (C=O) groups excluding carboxylic acids is 1. The fourth-order valence-electron chi connectivity index (χ4n) is 1.91. The Kier molecular flexibility index (Phi) is 4.39. The molecule has 2 atom stereocenters. The molecule has 102 valence electrons. The van der Waals surface area contributed by atoms with Crippen LogP contribution in [0.15, 0.2) is 29.3 Å². The summed E-state index contributed by atoms with van der Waals surface area (Å²) in [7, 11) is 0. The zero-order valence-corrected chi connectivity index (χ0v) is 11.0. The molecule has 2 unspecified atom stereocenters. The molecule has 1 heterocycles. The van der Waals surface area contributed by atoms with E-state index in [0.29, 0.717) is 13.2 Å². The van der Waals surface area contributed by atoms with Crippen LogP contribution in [0, 0.1) is 0 Å². The molecule has 0 saturated heterocycles. The van der Waals surface area contributed by atoms with Crippen molar-refractivity contribution in [3.63, 3.8) is 0 Å². The molecule has 1 aromatic rings. The Bertz CT molecular complexity index is 455. The zero-order chi connectivity index (χ0) is 13.7. The van der Waals surface area contributed by atoms with Crippen molar-refractivity contribution in [3.05, 3.63) is 29.8 Å². The predicted octanol–water partition coefficient (Wildman–Crippen LogP) is 2.12. The van der Waals surface area contributed by atoms with Gasteiger partial charge in [-0.1, -0.05) is 12.1 Å². The molecular formula is C14H17NO4. The lowest BCUT2D eigenvalue weighted by atomic mass is 10.0. The van der Waals surface area contributed by atoms with Crippen molar-refractivity contribution in [1.29, 1.82) is 0 Å². The molecule has 0 aromatic heterocycles. The molecule has 5 heteroatoms. The highest BCUT2D eigenvalue weighted by molar-refractivity contribution is 5.80. The molecule has 0 N–H and O–H groups in total. The minimum atomic E-state index is -0.627. The van der Waals surface area contributed by atoms with Crippen molar-refractivity contribution >= 4 is 12.4 Å². The standard InChI is InChI=1S/C14H17NO4/c1-3-17-11-7-5-10(6-8-11)13-12(15-9-19-13)14(16)18-4-2/h5-9,12-13H,3-4H2,1-2H3. The van der Waals surface area contributed by atoms with Gasteiger partial charge in [-0.3, -0.25) is 0 Å². The quantitative estimate of drug-likeness (QED) is 0.763. The monoisotopic (exact) mass is 263 g/mol. The average Bonchev–Trinajstić information content (AvgIpc) is 2.89. The van der Waals surface area contributed by atoms with E-state index in [9.17, 15) is 4.79 Å². The fourth-order valence-corrected chi connectivity index (χ4v) is 1.91. The van der Waals surface area contributed by atoms with Crippen molar-refractivity contribution in [3.8, 4) is 5.75 Å². The topological polar surface area (TPSA) is 57.1 Å². The molecule has 1 aliphatic rings. The van der Waals surface area contributed by atoms with Crippen LogP contribution in [-0.2, 0) is 14.3 Å². The predicted molar refractivity (Wildman–Crippen MR) is 70.4 cm³/mol. The van der Waals surface area contributed by atoms with Crippen LogP contribution in [-0.4, -0.2) is 31.6 Å². The average molecular weight is 263 g/mol. The van der Waals surface area contributed by atoms with E-state index < -0.39 is 12.1 Å². The molecule has 2 rings (SSSR count). The molecule has 0 fully saturated rings. The van der Waals surface area contributed by atoms with Crippen molar-refractivity contribution in [2.45, 2.75) is 26.0 Å². The molecule has 0 radical (unpaired) electrons. The molecule has 19 heavy (non-hydrogen) atoms. The minimum absolute atomic E-state index is 0.334. The summed E-state index contributed by atoms with van der Waals surface area (Å²) in [6, 6.07) is 6.82. The second-order valence-electron chi connectivity index (χ2n) is 4.01. The van der Waals surface area contributed by atoms with Gasteiger partial charge < -0.3 is 14.2 Å². The first-order chi connectivity index (χ1) is 9.26.